The fraction of sp³-hybridized carbons (Fsp3) is 0.318. The largest absolute Gasteiger partial charge is 0.376 e. The van der Waals surface area contributed by atoms with Gasteiger partial charge in [-0.05, 0) is 29.9 Å². The van der Waals surface area contributed by atoms with Crippen molar-refractivity contribution in [2.45, 2.75) is 42.9 Å². The summed E-state index contributed by atoms with van der Waals surface area (Å²) in [6.45, 7) is 2.46. The van der Waals surface area contributed by atoms with Crippen LogP contribution in [-0.2, 0) is 23.6 Å². The summed E-state index contributed by atoms with van der Waals surface area (Å²) < 4.78 is 10.3. The van der Waals surface area contributed by atoms with E-state index in [0.29, 0.717) is 0 Å². The Balaban J connectivity index is 1.35. The van der Waals surface area contributed by atoms with Crippen LogP contribution in [0.3, 0.4) is 0 Å². The molecule has 5 rings (SSSR count). The van der Waals surface area contributed by atoms with Crippen LogP contribution in [0.5, 0.6) is 0 Å². The molecule has 1 atom stereocenters. The molecule has 0 N–H and O–H groups in total. The maximum atomic E-state index is 5.89. The molecule has 0 radical (unpaired) electrons. The van der Waals surface area contributed by atoms with E-state index >= 15 is 0 Å². The molecular weight excluding hydrogens is 414 g/mol. The van der Waals surface area contributed by atoms with E-state index in [-0.39, 0.29) is 6.10 Å². The normalized spacial score (nSPS) is 16.3. The quantitative estimate of drug-likeness (QED) is 0.373. The number of rotatable bonds is 8. The van der Waals surface area contributed by atoms with Gasteiger partial charge >= 0.3 is 0 Å². The van der Waals surface area contributed by atoms with E-state index in [9.17, 15) is 0 Å². The number of aromatic nitrogens is 5. The highest BCUT2D eigenvalue weighted by atomic mass is 32.2. The minimum absolute atomic E-state index is 0.235. The van der Waals surface area contributed by atoms with Crippen molar-refractivity contribution >= 4 is 23.1 Å². The number of benzene rings is 1. The average molecular weight is 438 g/mol. The van der Waals surface area contributed by atoms with Crippen LogP contribution >= 0.6 is 23.1 Å². The lowest BCUT2D eigenvalue weighted by atomic mass is 10.2. The van der Waals surface area contributed by atoms with Gasteiger partial charge in [0, 0.05) is 25.5 Å². The highest BCUT2D eigenvalue weighted by Crippen LogP contribution is 2.30. The highest BCUT2D eigenvalue weighted by molar-refractivity contribution is 7.98. The lowest BCUT2D eigenvalue weighted by Crippen LogP contribution is -2.16. The van der Waals surface area contributed by atoms with E-state index in [2.05, 4.69) is 66.1 Å². The van der Waals surface area contributed by atoms with Crippen LogP contribution in [-0.4, -0.2) is 37.0 Å². The number of imidazole rings is 1. The second-order valence-corrected chi connectivity index (χ2v) is 9.16. The minimum Gasteiger partial charge on any atom is -0.376 e. The molecule has 0 spiro atoms. The Morgan fingerprint density at radius 2 is 2.07 bits per heavy atom. The molecule has 1 aromatic carbocycles. The van der Waals surface area contributed by atoms with Crippen molar-refractivity contribution in [1.29, 1.82) is 0 Å². The molecule has 0 amide bonds. The molecule has 154 valence electrons. The first-order chi connectivity index (χ1) is 14.9. The fourth-order valence-electron chi connectivity index (χ4n) is 3.67. The fourth-order valence-corrected chi connectivity index (χ4v) is 5.30. The minimum atomic E-state index is 0.235. The Hall–Kier alpha value is -2.42. The van der Waals surface area contributed by atoms with Crippen LogP contribution in [0.25, 0.3) is 10.7 Å². The van der Waals surface area contributed by atoms with Gasteiger partial charge in [-0.25, -0.2) is 4.98 Å². The summed E-state index contributed by atoms with van der Waals surface area (Å²) in [6.07, 6.45) is 6.36. The van der Waals surface area contributed by atoms with Crippen LogP contribution in [0.4, 0.5) is 0 Å². The van der Waals surface area contributed by atoms with E-state index in [4.69, 9.17) is 4.74 Å². The number of hydrogen-bond donors (Lipinski definition) is 0. The smallest absolute Gasteiger partial charge is 0.192 e. The average Bonchev–Trinajstić information content (AvgIpc) is 3.57. The van der Waals surface area contributed by atoms with Gasteiger partial charge in [-0.2, -0.15) is 0 Å². The lowest BCUT2D eigenvalue weighted by Gasteiger charge is -2.14. The van der Waals surface area contributed by atoms with Gasteiger partial charge in [0.2, 0.25) is 0 Å². The summed E-state index contributed by atoms with van der Waals surface area (Å²) in [6, 6.07) is 14.6. The van der Waals surface area contributed by atoms with Crippen LogP contribution in [0.15, 0.2) is 65.4 Å². The Bertz CT molecular complexity index is 1070. The van der Waals surface area contributed by atoms with Crippen LogP contribution in [0, 0.1) is 0 Å². The Morgan fingerprint density at radius 1 is 1.13 bits per heavy atom. The van der Waals surface area contributed by atoms with Crippen molar-refractivity contribution in [3.05, 3.63) is 71.6 Å². The van der Waals surface area contributed by atoms with E-state index in [1.807, 2.05) is 18.5 Å². The van der Waals surface area contributed by atoms with Crippen molar-refractivity contribution in [2.75, 3.05) is 6.61 Å². The topological polar surface area (TPSA) is 57.8 Å². The van der Waals surface area contributed by atoms with Crippen molar-refractivity contribution in [1.82, 2.24) is 24.3 Å². The number of ether oxygens (including phenoxy) is 1. The van der Waals surface area contributed by atoms with Gasteiger partial charge in [-0.15, -0.1) is 21.5 Å². The van der Waals surface area contributed by atoms with Crippen molar-refractivity contribution in [3.8, 4) is 10.7 Å². The van der Waals surface area contributed by atoms with E-state index in [1.54, 1.807) is 23.1 Å². The second kappa shape index (κ2) is 9.16. The molecule has 3 aromatic heterocycles. The lowest BCUT2D eigenvalue weighted by molar-refractivity contribution is 0.0953. The third kappa shape index (κ3) is 4.35. The summed E-state index contributed by atoms with van der Waals surface area (Å²) in [4.78, 5) is 5.72. The van der Waals surface area contributed by atoms with Gasteiger partial charge in [0.25, 0.3) is 0 Å². The Morgan fingerprint density at radius 3 is 2.87 bits per heavy atom. The summed E-state index contributed by atoms with van der Waals surface area (Å²) in [7, 11) is 0. The molecule has 1 aliphatic heterocycles. The predicted octanol–water partition coefficient (Wildman–Crippen LogP) is 4.72. The highest BCUT2D eigenvalue weighted by Gasteiger charge is 2.22. The molecule has 0 saturated carbocycles. The predicted molar refractivity (Wildman–Crippen MR) is 120 cm³/mol. The standard InChI is InChI=1S/C22H23N5OS2/c1-2-6-17(7-3-1)14-26-11-10-23-20(26)16-30-22-25-24-21(19-9-5-13-29-19)27(22)15-18-8-4-12-28-18/h1-3,5-7,9-11,13,18H,4,8,12,14-16H2. The first-order valence-electron chi connectivity index (χ1n) is 10.1. The van der Waals surface area contributed by atoms with Gasteiger partial charge in [0.15, 0.2) is 11.0 Å². The second-order valence-electron chi connectivity index (χ2n) is 7.27. The maximum absolute atomic E-state index is 5.89. The van der Waals surface area contributed by atoms with Crippen LogP contribution < -0.4 is 0 Å². The van der Waals surface area contributed by atoms with E-state index < -0.39 is 0 Å². The van der Waals surface area contributed by atoms with Gasteiger partial charge in [0.05, 0.1) is 23.3 Å². The van der Waals surface area contributed by atoms with Gasteiger partial charge in [-0.1, -0.05) is 48.2 Å². The summed E-state index contributed by atoms with van der Waals surface area (Å²) >= 11 is 3.38. The third-order valence-corrected chi connectivity index (χ3v) is 7.02. The summed E-state index contributed by atoms with van der Waals surface area (Å²) in [5.74, 6) is 2.71. The SMILES string of the molecule is c1ccc(Cn2ccnc2CSc2nnc(-c3cccs3)n2CC2CCCO2)cc1. The zero-order valence-electron chi connectivity index (χ0n) is 16.6. The Labute approximate surface area is 183 Å². The molecule has 0 aliphatic carbocycles. The van der Waals surface area contributed by atoms with Crippen LogP contribution in [0.1, 0.15) is 24.2 Å². The monoisotopic (exact) mass is 437 g/mol. The molecule has 1 aliphatic rings. The molecule has 8 heteroatoms. The first kappa shape index (κ1) is 19.5. The molecule has 1 unspecified atom stereocenters. The maximum Gasteiger partial charge on any atom is 0.192 e. The van der Waals surface area contributed by atoms with E-state index in [0.717, 1.165) is 60.0 Å². The van der Waals surface area contributed by atoms with Gasteiger partial charge < -0.3 is 9.30 Å². The molecule has 1 saturated heterocycles. The zero-order chi connectivity index (χ0) is 20.2. The zero-order valence-corrected chi connectivity index (χ0v) is 18.2. The summed E-state index contributed by atoms with van der Waals surface area (Å²) in [5, 5.41) is 12.0. The first-order valence-corrected chi connectivity index (χ1v) is 12.0. The molecule has 1 fully saturated rings. The van der Waals surface area contributed by atoms with Crippen molar-refractivity contribution in [3.63, 3.8) is 0 Å². The van der Waals surface area contributed by atoms with Gasteiger partial charge in [-0.3, -0.25) is 4.57 Å². The molecule has 6 nitrogen and oxygen atoms in total. The molecule has 30 heavy (non-hydrogen) atoms. The molecule has 4 aromatic rings. The van der Waals surface area contributed by atoms with Gasteiger partial charge in [0.1, 0.15) is 5.82 Å². The van der Waals surface area contributed by atoms with Crippen molar-refractivity contribution in [2.24, 2.45) is 0 Å². The van der Waals surface area contributed by atoms with E-state index in [1.165, 1.54) is 5.56 Å². The van der Waals surface area contributed by atoms with Crippen molar-refractivity contribution < 1.29 is 4.74 Å². The number of hydrogen-bond acceptors (Lipinski definition) is 6. The van der Waals surface area contributed by atoms with Crippen LogP contribution in [0.2, 0.25) is 0 Å². The number of thiophene rings is 1. The third-order valence-electron chi connectivity index (χ3n) is 5.20. The molecule has 0 bridgehead atoms. The molecular formula is C22H23N5OS2. The summed E-state index contributed by atoms with van der Waals surface area (Å²) in [5.41, 5.74) is 1.27. The Kier molecular flexibility index (Phi) is 5.96. The number of nitrogens with zero attached hydrogens (tertiary/aromatic N) is 5. The molecule has 4 heterocycles. The number of thioether (sulfide) groups is 1.